The molecule has 0 spiro atoms. The first kappa shape index (κ1) is 14.6. The van der Waals surface area contributed by atoms with Crippen molar-refractivity contribution in [1.29, 1.82) is 0 Å². The lowest BCUT2D eigenvalue weighted by Crippen LogP contribution is -2.44. The Labute approximate surface area is 115 Å². The van der Waals surface area contributed by atoms with E-state index in [2.05, 4.69) is 18.7 Å². The third-order valence-electron chi connectivity index (χ3n) is 4.28. The van der Waals surface area contributed by atoms with E-state index in [1.165, 1.54) is 17.9 Å². The fourth-order valence-corrected chi connectivity index (χ4v) is 4.18. The topological polar surface area (TPSA) is 32.7 Å². The van der Waals surface area contributed by atoms with Crippen LogP contribution in [0.3, 0.4) is 0 Å². The molecule has 0 aromatic carbocycles. The van der Waals surface area contributed by atoms with Crippen LogP contribution in [0.1, 0.15) is 34.1 Å². The van der Waals surface area contributed by atoms with Crippen LogP contribution in [0.15, 0.2) is 0 Å². The highest BCUT2D eigenvalue weighted by Crippen LogP contribution is 2.42. The van der Waals surface area contributed by atoms with Crippen LogP contribution in [-0.2, 0) is 4.74 Å². The SMILES string of the molecule is CC1(C)OC(C)(C)C(CN2CCCSCC2)C1O. The van der Waals surface area contributed by atoms with Crippen molar-refractivity contribution < 1.29 is 9.84 Å². The van der Waals surface area contributed by atoms with E-state index < -0.39 is 5.60 Å². The standard InChI is InChI=1S/C14H27NO2S/c1-13(2)11(12(16)14(3,4)17-13)10-15-6-5-8-18-9-7-15/h11-12,16H,5-10H2,1-4H3. The lowest BCUT2D eigenvalue weighted by molar-refractivity contribution is -0.0913. The van der Waals surface area contributed by atoms with Crippen molar-refractivity contribution in [3.63, 3.8) is 0 Å². The molecule has 18 heavy (non-hydrogen) atoms. The molecule has 2 rings (SSSR count). The summed E-state index contributed by atoms with van der Waals surface area (Å²) in [6.07, 6.45) is 0.890. The molecule has 2 aliphatic heterocycles. The van der Waals surface area contributed by atoms with Crippen LogP contribution in [0.4, 0.5) is 0 Å². The molecule has 2 unspecified atom stereocenters. The van der Waals surface area contributed by atoms with Crippen molar-refractivity contribution in [2.75, 3.05) is 31.1 Å². The predicted molar refractivity (Wildman–Crippen MR) is 77.1 cm³/mol. The van der Waals surface area contributed by atoms with E-state index in [4.69, 9.17) is 4.74 Å². The van der Waals surface area contributed by atoms with Gasteiger partial charge in [0.25, 0.3) is 0 Å². The van der Waals surface area contributed by atoms with Gasteiger partial charge in [-0.25, -0.2) is 0 Å². The number of aliphatic hydroxyl groups is 1. The average molecular weight is 273 g/mol. The smallest absolute Gasteiger partial charge is 0.0896 e. The summed E-state index contributed by atoms with van der Waals surface area (Å²) in [6.45, 7) is 11.5. The maximum absolute atomic E-state index is 10.5. The minimum atomic E-state index is -0.422. The highest BCUT2D eigenvalue weighted by atomic mass is 32.2. The molecule has 106 valence electrons. The van der Waals surface area contributed by atoms with Gasteiger partial charge in [-0.2, -0.15) is 11.8 Å². The molecule has 2 saturated heterocycles. The highest BCUT2D eigenvalue weighted by molar-refractivity contribution is 7.99. The Hall–Kier alpha value is 0.230. The molecule has 0 radical (unpaired) electrons. The second-order valence-electron chi connectivity index (χ2n) is 6.63. The van der Waals surface area contributed by atoms with Gasteiger partial charge in [0.05, 0.1) is 17.3 Å². The number of nitrogens with zero attached hydrogens (tertiary/aromatic N) is 1. The van der Waals surface area contributed by atoms with E-state index in [0.717, 1.165) is 19.6 Å². The Morgan fingerprint density at radius 3 is 2.50 bits per heavy atom. The van der Waals surface area contributed by atoms with Crippen LogP contribution < -0.4 is 0 Å². The summed E-state index contributed by atoms with van der Waals surface area (Å²) in [5.41, 5.74) is -0.656. The molecule has 0 saturated carbocycles. The summed E-state index contributed by atoms with van der Waals surface area (Å²) < 4.78 is 6.05. The van der Waals surface area contributed by atoms with Gasteiger partial charge in [-0.15, -0.1) is 0 Å². The van der Waals surface area contributed by atoms with Crippen molar-refractivity contribution in [2.45, 2.75) is 51.4 Å². The Bertz CT molecular complexity index is 286. The molecule has 2 aliphatic rings. The summed E-state index contributed by atoms with van der Waals surface area (Å²) in [5, 5.41) is 10.5. The van der Waals surface area contributed by atoms with Crippen LogP contribution >= 0.6 is 11.8 Å². The predicted octanol–water partition coefficient (Wildman–Crippen LogP) is 1.99. The van der Waals surface area contributed by atoms with Crippen LogP contribution in [0.2, 0.25) is 0 Å². The molecule has 2 heterocycles. The van der Waals surface area contributed by atoms with Crippen molar-refractivity contribution in [3.8, 4) is 0 Å². The Kier molecular flexibility index (Phi) is 4.32. The lowest BCUT2D eigenvalue weighted by Gasteiger charge is -2.32. The van der Waals surface area contributed by atoms with Gasteiger partial charge in [-0.3, -0.25) is 0 Å². The fourth-order valence-electron chi connectivity index (χ4n) is 3.26. The maximum Gasteiger partial charge on any atom is 0.0896 e. The number of aliphatic hydroxyl groups excluding tert-OH is 1. The van der Waals surface area contributed by atoms with Crippen molar-refractivity contribution >= 4 is 11.8 Å². The molecule has 0 bridgehead atoms. The molecule has 2 atom stereocenters. The normalized spacial score (nSPS) is 36.5. The molecule has 0 aromatic heterocycles. The molecule has 0 aliphatic carbocycles. The first-order valence-electron chi connectivity index (χ1n) is 7.01. The van der Waals surface area contributed by atoms with Gasteiger partial charge in [-0.05, 0) is 46.4 Å². The van der Waals surface area contributed by atoms with Gasteiger partial charge in [0.15, 0.2) is 0 Å². The van der Waals surface area contributed by atoms with Crippen LogP contribution in [0, 0.1) is 5.92 Å². The number of rotatable bonds is 2. The van der Waals surface area contributed by atoms with E-state index in [1.54, 1.807) is 0 Å². The Morgan fingerprint density at radius 1 is 1.17 bits per heavy atom. The zero-order valence-corrected chi connectivity index (χ0v) is 12.9. The van der Waals surface area contributed by atoms with Gasteiger partial charge in [-0.1, -0.05) is 0 Å². The van der Waals surface area contributed by atoms with E-state index in [9.17, 15) is 5.11 Å². The van der Waals surface area contributed by atoms with Gasteiger partial charge in [0, 0.05) is 24.8 Å². The average Bonchev–Trinajstić information content (AvgIpc) is 2.49. The van der Waals surface area contributed by atoms with Gasteiger partial charge in [0.2, 0.25) is 0 Å². The van der Waals surface area contributed by atoms with Gasteiger partial charge in [0.1, 0.15) is 0 Å². The highest BCUT2D eigenvalue weighted by Gasteiger charge is 2.53. The van der Waals surface area contributed by atoms with Crippen molar-refractivity contribution in [3.05, 3.63) is 0 Å². The zero-order valence-electron chi connectivity index (χ0n) is 12.1. The number of ether oxygens (including phenoxy) is 1. The fraction of sp³-hybridized carbons (Fsp3) is 1.00. The molecular formula is C14H27NO2S. The second-order valence-corrected chi connectivity index (χ2v) is 7.85. The molecule has 3 nitrogen and oxygen atoms in total. The summed E-state index contributed by atoms with van der Waals surface area (Å²) in [6, 6.07) is 0. The minimum Gasteiger partial charge on any atom is -0.390 e. The van der Waals surface area contributed by atoms with E-state index >= 15 is 0 Å². The molecular weight excluding hydrogens is 246 g/mol. The lowest BCUT2D eigenvalue weighted by atomic mass is 9.84. The number of thioether (sulfide) groups is 1. The third-order valence-corrected chi connectivity index (χ3v) is 5.33. The zero-order chi connectivity index (χ0) is 13.4. The quantitative estimate of drug-likeness (QED) is 0.834. The molecule has 2 fully saturated rings. The van der Waals surface area contributed by atoms with Gasteiger partial charge < -0.3 is 14.7 Å². The molecule has 1 N–H and O–H groups in total. The molecule has 0 aromatic rings. The molecule has 4 heteroatoms. The largest absolute Gasteiger partial charge is 0.390 e. The maximum atomic E-state index is 10.5. The Balaban J connectivity index is 2.02. The van der Waals surface area contributed by atoms with Crippen LogP contribution in [0.25, 0.3) is 0 Å². The molecule has 0 amide bonds. The minimum absolute atomic E-state index is 0.204. The summed E-state index contributed by atoms with van der Waals surface area (Å²) in [7, 11) is 0. The van der Waals surface area contributed by atoms with Crippen LogP contribution in [-0.4, -0.2) is 58.5 Å². The third kappa shape index (κ3) is 3.03. The van der Waals surface area contributed by atoms with Gasteiger partial charge >= 0.3 is 0 Å². The summed E-state index contributed by atoms with van der Waals surface area (Å²) in [5.74, 6) is 2.69. The van der Waals surface area contributed by atoms with E-state index in [-0.39, 0.29) is 17.6 Å². The number of hydrogen-bond acceptors (Lipinski definition) is 4. The second kappa shape index (κ2) is 5.31. The number of hydrogen-bond donors (Lipinski definition) is 1. The van der Waals surface area contributed by atoms with Crippen LogP contribution in [0.5, 0.6) is 0 Å². The van der Waals surface area contributed by atoms with Crippen molar-refractivity contribution in [1.82, 2.24) is 4.90 Å². The van der Waals surface area contributed by atoms with E-state index in [0.29, 0.717) is 0 Å². The van der Waals surface area contributed by atoms with E-state index in [1.807, 2.05) is 25.6 Å². The summed E-state index contributed by atoms with van der Waals surface area (Å²) in [4.78, 5) is 2.50. The summed E-state index contributed by atoms with van der Waals surface area (Å²) >= 11 is 2.04. The first-order chi connectivity index (χ1) is 8.33. The first-order valence-corrected chi connectivity index (χ1v) is 8.17. The Morgan fingerprint density at radius 2 is 1.89 bits per heavy atom. The van der Waals surface area contributed by atoms with Crippen molar-refractivity contribution in [2.24, 2.45) is 5.92 Å². The monoisotopic (exact) mass is 273 g/mol.